The summed E-state index contributed by atoms with van der Waals surface area (Å²) in [6.45, 7) is 3.02. The second-order valence-electron chi connectivity index (χ2n) is 7.30. The summed E-state index contributed by atoms with van der Waals surface area (Å²) in [5.74, 6) is 1.66. The van der Waals surface area contributed by atoms with Gasteiger partial charge in [0, 0.05) is 41.7 Å². The first-order chi connectivity index (χ1) is 14.7. The standard InChI is InChI=1S/C23H21BrN4OS/c24-17-8-9-20-19(15-17)25-23(21-7-4-10-28(20)21)27-13-11-26(12-14-27)22(29)16-30-18-5-2-1-3-6-18/h1-10,15H,11-14,16H2. The van der Waals surface area contributed by atoms with Gasteiger partial charge in [-0.15, -0.1) is 11.8 Å². The van der Waals surface area contributed by atoms with Crippen molar-refractivity contribution in [3.63, 3.8) is 0 Å². The highest BCUT2D eigenvalue weighted by Crippen LogP contribution is 2.28. The highest BCUT2D eigenvalue weighted by Gasteiger charge is 2.24. The number of hydrogen-bond donors (Lipinski definition) is 0. The first kappa shape index (κ1) is 19.5. The number of halogens is 1. The minimum atomic E-state index is 0.201. The van der Waals surface area contributed by atoms with Crippen LogP contribution in [0.3, 0.4) is 0 Å². The molecule has 1 amide bonds. The van der Waals surface area contributed by atoms with Crippen LogP contribution in [0.25, 0.3) is 16.6 Å². The lowest BCUT2D eigenvalue weighted by Crippen LogP contribution is -2.49. The molecule has 30 heavy (non-hydrogen) atoms. The number of benzene rings is 2. The molecule has 5 rings (SSSR count). The molecule has 3 heterocycles. The molecule has 1 saturated heterocycles. The number of carbonyl (C=O) groups is 1. The molecule has 0 bridgehead atoms. The monoisotopic (exact) mass is 480 g/mol. The van der Waals surface area contributed by atoms with E-state index in [1.165, 1.54) is 0 Å². The predicted octanol–water partition coefficient (Wildman–Crippen LogP) is 4.69. The number of rotatable bonds is 4. The van der Waals surface area contributed by atoms with E-state index in [1.54, 1.807) is 11.8 Å². The number of fused-ring (bicyclic) bond motifs is 3. The summed E-state index contributed by atoms with van der Waals surface area (Å²) in [5.41, 5.74) is 3.15. The van der Waals surface area contributed by atoms with E-state index < -0.39 is 0 Å². The van der Waals surface area contributed by atoms with E-state index in [9.17, 15) is 4.79 Å². The van der Waals surface area contributed by atoms with Crippen molar-refractivity contribution in [1.82, 2.24) is 14.3 Å². The number of thioether (sulfide) groups is 1. The maximum Gasteiger partial charge on any atom is 0.233 e. The summed E-state index contributed by atoms with van der Waals surface area (Å²) in [4.78, 5) is 23.0. The van der Waals surface area contributed by atoms with Gasteiger partial charge in [0.15, 0.2) is 5.82 Å². The van der Waals surface area contributed by atoms with Gasteiger partial charge < -0.3 is 14.2 Å². The Labute approximate surface area is 187 Å². The third kappa shape index (κ3) is 3.79. The number of amides is 1. The average Bonchev–Trinajstić information content (AvgIpc) is 3.27. The Morgan fingerprint density at radius 2 is 1.77 bits per heavy atom. The average molecular weight is 481 g/mol. The Hall–Kier alpha value is -2.51. The van der Waals surface area contributed by atoms with E-state index in [1.807, 2.05) is 41.3 Å². The van der Waals surface area contributed by atoms with Crippen molar-refractivity contribution >= 4 is 56.0 Å². The van der Waals surface area contributed by atoms with Gasteiger partial charge in [-0.05, 0) is 42.5 Å². The summed E-state index contributed by atoms with van der Waals surface area (Å²) < 4.78 is 3.21. The number of hydrogen-bond acceptors (Lipinski definition) is 4. The Balaban J connectivity index is 1.31. The smallest absolute Gasteiger partial charge is 0.233 e. The molecular weight excluding hydrogens is 460 g/mol. The van der Waals surface area contributed by atoms with Crippen molar-refractivity contribution in [2.45, 2.75) is 4.90 Å². The lowest BCUT2D eigenvalue weighted by atomic mass is 10.2. The Morgan fingerprint density at radius 3 is 2.57 bits per heavy atom. The maximum atomic E-state index is 12.7. The molecule has 152 valence electrons. The fraction of sp³-hybridized carbons (Fsp3) is 0.217. The van der Waals surface area contributed by atoms with Crippen molar-refractivity contribution in [2.24, 2.45) is 0 Å². The molecule has 7 heteroatoms. The van der Waals surface area contributed by atoms with Crippen LogP contribution in [0.2, 0.25) is 0 Å². The molecule has 0 spiro atoms. The minimum absolute atomic E-state index is 0.201. The molecule has 0 N–H and O–H groups in total. The summed E-state index contributed by atoms with van der Waals surface area (Å²) in [6, 6.07) is 20.4. The molecule has 0 aliphatic carbocycles. The lowest BCUT2D eigenvalue weighted by Gasteiger charge is -2.35. The summed E-state index contributed by atoms with van der Waals surface area (Å²) >= 11 is 5.15. The van der Waals surface area contributed by atoms with Crippen molar-refractivity contribution in [2.75, 3.05) is 36.8 Å². The third-order valence-electron chi connectivity index (χ3n) is 5.44. The van der Waals surface area contributed by atoms with E-state index in [2.05, 4.69) is 55.7 Å². The largest absolute Gasteiger partial charge is 0.351 e. The van der Waals surface area contributed by atoms with Gasteiger partial charge in [0.2, 0.25) is 5.91 Å². The van der Waals surface area contributed by atoms with Crippen LogP contribution in [0, 0.1) is 0 Å². The van der Waals surface area contributed by atoms with Gasteiger partial charge in [0.25, 0.3) is 0 Å². The normalized spacial score (nSPS) is 14.6. The van der Waals surface area contributed by atoms with Crippen LogP contribution < -0.4 is 4.90 Å². The summed E-state index contributed by atoms with van der Waals surface area (Å²) in [6.07, 6.45) is 2.08. The lowest BCUT2D eigenvalue weighted by molar-refractivity contribution is -0.128. The number of aromatic nitrogens is 2. The van der Waals surface area contributed by atoms with Gasteiger partial charge in [0.1, 0.15) is 0 Å². The van der Waals surface area contributed by atoms with Gasteiger partial charge in [-0.3, -0.25) is 4.79 Å². The predicted molar refractivity (Wildman–Crippen MR) is 126 cm³/mol. The molecule has 5 nitrogen and oxygen atoms in total. The first-order valence-corrected chi connectivity index (χ1v) is 11.7. The maximum absolute atomic E-state index is 12.7. The second-order valence-corrected chi connectivity index (χ2v) is 9.27. The van der Waals surface area contributed by atoms with E-state index in [0.717, 1.165) is 57.9 Å². The zero-order valence-electron chi connectivity index (χ0n) is 16.4. The van der Waals surface area contributed by atoms with Crippen LogP contribution in [0.15, 0.2) is 76.2 Å². The van der Waals surface area contributed by atoms with E-state index >= 15 is 0 Å². The van der Waals surface area contributed by atoms with Gasteiger partial charge >= 0.3 is 0 Å². The van der Waals surface area contributed by atoms with Gasteiger partial charge in [-0.25, -0.2) is 4.98 Å². The van der Waals surface area contributed by atoms with Gasteiger partial charge in [-0.2, -0.15) is 0 Å². The molecule has 0 unspecified atom stereocenters. The molecule has 1 fully saturated rings. The Morgan fingerprint density at radius 1 is 0.967 bits per heavy atom. The fourth-order valence-electron chi connectivity index (χ4n) is 3.89. The number of carbonyl (C=O) groups excluding carboxylic acids is 1. The second kappa shape index (κ2) is 8.32. The van der Waals surface area contributed by atoms with Gasteiger partial charge in [0.05, 0.1) is 22.3 Å². The molecule has 1 aliphatic heterocycles. The summed E-state index contributed by atoms with van der Waals surface area (Å²) in [7, 11) is 0. The molecule has 2 aromatic carbocycles. The zero-order chi connectivity index (χ0) is 20.5. The van der Waals surface area contributed by atoms with Crippen LogP contribution in [-0.4, -0.2) is 52.1 Å². The van der Waals surface area contributed by atoms with Gasteiger partial charge in [-0.1, -0.05) is 34.1 Å². The number of anilines is 1. The third-order valence-corrected chi connectivity index (χ3v) is 6.93. The van der Waals surface area contributed by atoms with E-state index in [-0.39, 0.29) is 5.91 Å². The highest BCUT2D eigenvalue weighted by atomic mass is 79.9. The molecule has 0 atom stereocenters. The molecule has 0 saturated carbocycles. The van der Waals surface area contributed by atoms with E-state index in [0.29, 0.717) is 5.75 Å². The van der Waals surface area contributed by atoms with Crippen LogP contribution >= 0.6 is 27.7 Å². The van der Waals surface area contributed by atoms with Crippen molar-refractivity contribution < 1.29 is 4.79 Å². The SMILES string of the molecule is O=C(CSc1ccccc1)N1CCN(c2nc3cc(Br)ccc3n3cccc23)CC1. The topological polar surface area (TPSA) is 40.9 Å². The van der Waals surface area contributed by atoms with Crippen molar-refractivity contribution in [1.29, 1.82) is 0 Å². The quantitative estimate of drug-likeness (QED) is 0.397. The van der Waals surface area contributed by atoms with Crippen LogP contribution in [0.5, 0.6) is 0 Å². The molecule has 4 aromatic rings. The first-order valence-electron chi connectivity index (χ1n) is 9.96. The number of nitrogens with zero attached hydrogens (tertiary/aromatic N) is 4. The fourth-order valence-corrected chi connectivity index (χ4v) is 5.06. The molecule has 1 aliphatic rings. The molecular formula is C23H21BrN4OS. The number of piperazine rings is 1. The molecule has 0 radical (unpaired) electrons. The Kier molecular flexibility index (Phi) is 5.39. The zero-order valence-corrected chi connectivity index (χ0v) is 18.8. The van der Waals surface area contributed by atoms with E-state index in [4.69, 9.17) is 4.98 Å². The van der Waals surface area contributed by atoms with Crippen molar-refractivity contribution in [3.8, 4) is 0 Å². The highest BCUT2D eigenvalue weighted by molar-refractivity contribution is 9.10. The Bertz CT molecular complexity index is 1200. The van der Waals surface area contributed by atoms with Crippen LogP contribution in [0.1, 0.15) is 0 Å². The van der Waals surface area contributed by atoms with Crippen LogP contribution in [0.4, 0.5) is 5.82 Å². The van der Waals surface area contributed by atoms with Crippen LogP contribution in [-0.2, 0) is 4.79 Å². The molecule has 2 aromatic heterocycles. The summed E-state index contributed by atoms with van der Waals surface area (Å²) in [5, 5.41) is 0. The van der Waals surface area contributed by atoms with Crippen molar-refractivity contribution in [3.05, 3.63) is 71.3 Å². The minimum Gasteiger partial charge on any atom is -0.351 e.